The summed E-state index contributed by atoms with van der Waals surface area (Å²) >= 11 is 11.4. The molecule has 0 fully saturated rings. The Bertz CT molecular complexity index is 638. The normalized spacial score (nSPS) is 12.5. The van der Waals surface area contributed by atoms with Gasteiger partial charge in [0.05, 0.1) is 0 Å². The molecule has 0 saturated carbocycles. The summed E-state index contributed by atoms with van der Waals surface area (Å²) in [6, 6.07) is 0. The van der Waals surface area contributed by atoms with Crippen LogP contribution in [0, 0.1) is 0 Å². The summed E-state index contributed by atoms with van der Waals surface area (Å²) in [7, 11) is 0. The van der Waals surface area contributed by atoms with Crippen LogP contribution in [-0.4, -0.2) is 23.7 Å². The molecule has 0 radical (unpaired) electrons. The zero-order chi connectivity index (χ0) is 33.0. The van der Waals surface area contributed by atoms with Gasteiger partial charge in [0.2, 0.25) is 0 Å². The Kier molecular flexibility index (Phi) is 42.6. The summed E-state index contributed by atoms with van der Waals surface area (Å²) in [5.41, 5.74) is 6.03. The minimum atomic E-state index is -2.03. The van der Waals surface area contributed by atoms with Crippen molar-refractivity contribution < 1.29 is 9.53 Å². The zero-order valence-electron chi connectivity index (χ0n) is 28.6. The molecule has 44 heavy (non-hydrogen) atoms. The number of halogens is 4. The number of hydrogen-bond donors (Lipinski definition) is 1. The molecule has 0 aromatic heterocycles. The van der Waals surface area contributed by atoms with Crippen molar-refractivity contribution >= 4 is 65.4 Å². The molecular formula is C36H69Br4NO2Pb. The van der Waals surface area contributed by atoms with Crippen LogP contribution >= 0.6 is 47.9 Å². The molecule has 0 aliphatic rings. The van der Waals surface area contributed by atoms with Crippen molar-refractivity contribution in [2.75, 3.05) is 0 Å². The molecule has 3 nitrogen and oxygen atoms in total. The van der Waals surface area contributed by atoms with Crippen molar-refractivity contribution in [3.8, 4) is 0 Å². The Balaban J connectivity index is 0. The molecule has 0 bridgehead atoms. The maximum absolute atomic E-state index is 12.0. The van der Waals surface area contributed by atoms with Crippen LogP contribution in [0.1, 0.15) is 194 Å². The van der Waals surface area contributed by atoms with Gasteiger partial charge in [0.25, 0.3) is 0 Å². The van der Waals surface area contributed by atoms with Gasteiger partial charge in [-0.1, -0.05) is 141 Å². The van der Waals surface area contributed by atoms with Crippen LogP contribution in [0.3, 0.4) is 0 Å². The van der Waals surface area contributed by atoms with Gasteiger partial charge >= 0.3 is 65.4 Å². The fraction of sp³-hybridized carbons (Fsp3) is 0.861. The fourth-order valence-corrected chi connectivity index (χ4v) is 5.04. The van der Waals surface area contributed by atoms with Crippen LogP contribution in [0.25, 0.3) is 0 Å². The monoisotopic (exact) mass is 1070 g/mol. The van der Waals surface area contributed by atoms with Crippen LogP contribution < -0.4 is 5.73 Å². The average Bonchev–Trinajstić information content (AvgIpc) is 2.96. The van der Waals surface area contributed by atoms with Crippen LogP contribution in [-0.2, 0) is 9.53 Å². The molecule has 0 aliphatic heterocycles. The molecule has 2 N–H and O–H groups in total. The molecule has 1 unspecified atom stereocenters. The predicted molar refractivity (Wildman–Crippen MR) is 214 cm³/mol. The molecule has 0 saturated heterocycles. The number of esters is 1. The van der Waals surface area contributed by atoms with E-state index in [4.69, 9.17) is 10.5 Å². The van der Waals surface area contributed by atoms with Crippen molar-refractivity contribution in [3.05, 3.63) is 24.3 Å². The van der Waals surface area contributed by atoms with Crippen LogP contribution in [0.4, 0.5) is 0 Å². The van der Waals surface area contributed by atoms with Crippen LogP contribution in [0.15, 0.2) is 24.3 Å². The number of hydrogen-bond acceptors (Lipinski definition) is 3. The molecule has 1 atom stereocenters. The summed E-state index contributed by atoms with van der Waals surface area (Å²) in [5.74, 6) is -0.118. The van der Waals surface area contributed by atoms with E-state index in [1.165, 1.54) is 148 Å². The van der Waals surface area contributed by atoms with E-state index >= 15 is 0 Å². The van der Waals surface area contributed by atoms with Gasteiger partial charge in [0.15, 0.2) is 6.23 Å². The second-order valence-corrected chi connectivity index (χ2v) is 113. The van der Waals surface area contributed by atoms with Gasteiger partial charge in [-0.05, 0) is 70.6 Å². The van der Waals surface area contributed by atoms with Gasteiger partial charge in [0, 0.05) is 6.42 Å². The first-order valence-electron chi connectivity index (χ1n) is 18.2. The van der Waals surface area contributed by atoms with E-state index in [0.29, 0.717) is 6.42 Å². The third kappa shape index (κ3) is 50.6. The standard InChI is InChI=1S/C36H69NO2.4BrH.Pb/c1-3-5-7-9-11-13-15-17-19-21-23-25-27-29-31-33-35(37)39-36(38)34-32-30-28-26-24-22-20-18-16-14-12-10-8-6-4-2;;;;;/h17-20,35H,3-16,21-34,37H2,1-2H3;4*1H;/q;;;;;+4/p-4/b19-17-,20-18-;;;;;. The fourth-order valence-electron chi connectivity index (χ4n) is 5.04. The molecule has 0 amide bonds. The Morgan fingerprint density at radius 2 is 0.841 bits per heavy atom. The number of ether oxygens (including phenoxy) is 1. The number of unbranched alkanes of at least 4 members (excludes halogenated alkanes) is 22. The van der Waals surface area contributed by atoms with E-state index in [1.807, 2.05) is 0 Å². The summed E-state index contributed by atoms with van der Waals surface area (Å²) in [5, 5.41) is 0. The number of carbonyl (C=O) groups excluding carboxylic acids is 1. The summed E-state index contributed by atoms with van der Waals surface area (Å²) in [6.45, 7) is 4.55. The van der Waals surface area contributed by atoms with E-state index in [9.17, 15) is 4.79 Å². The topological polar surface area (TPSA) is 52.3 Å². The molecule has 0 heterocycles. The Morgan fingerprint density at radius 3 is 1.20 bits per heavy atom. The van der Waals surface area contributed by atoms with Crippen LogP contribution in [0.5, 0.6) is 0 Å². The molecule has 0 aromatic rings. The minimum absolute atomic E-state index is 0.118. The summed E-state index contributed by atoms with van der Waals surface area (Å²) in [6.07, 6.45) is 43.6. The van der Waals surface area contributed by atoms with Gasteiger partial charge in [0.1, 0.15) is 0 Å². The average molecular weight is 1070 g/mol. The zero-order valence-corrected chi connectivity index (χ0v) is 38.8. The van der Waals surface area contributed by atoms with Crippen molar-refractivity contribution in [2.45, 2.75) is 200 Å². The van der Waals surface area contributed by atoms with Gasteiger partial charge in [-0.25, -0.2) is 0 Å². The van der Waals surface area contributed by atoms with Crippen molar-refractivity contribution in [2.24, 2.45) is 5.73 Å². The first-order valence-corrected chi connectivity index (χ1v) is 51.9. The number of nitrogens with two attached hydrogens (primary N) is 1. The summed E-state index contributed by atoms with van der Waals surface area (Å²) in [4.78, 5) is 12.0. The van der Waals surface area contributed by atoms with E-state index < -0.39 is 17.8 Å². The molecule has 8 heteroatoms. The Morgan fingerprint density at radius 1 is 0.545 bits per heavy atom. The molecular weight excluding hydrogens is 1010 g/mol. The van der Waals surface area contributed by atoms with Crippen molar-refractivity contribution in [3.63, 3.8) is 0 Å². The molecule has 0 aliphatic carbocycles. The molecule has 262 valence electrons. The predicted octanol–water partition coefficient (Wildman–Crippen LogP) is 14.9. The second kappa shape index (κ2) is 39.2. The Hall–Kier alpha value is 1.75. The van der Waals surface area contributed by atoms with Gasteiger partial charge < -0.3 is 4.74 Å². The van der Waals surface area contributed by atoms with Crippen molar-refractivity contribution in [1.82, 2.24) is 0 Å². The van der Waals surface area contributed by atoms with Gasteiger partial charge in [-0.15, -0.1) is 0 Å². The summed E-state index contributed by atoms with van der Waals surface area (Å²) < 4.78 is 5.41. The molecule has 0 aromatic carbocycles. The SMILES string of the molecule is CCCCCCCC/C=C\CCCCCCCC(=O)OC(N)CCCCCCC/C=C\CCCCCCCC.[Br][Pb]([Br])([Br])[Br]. The molecule has 0 spiro atoms. The van der Waals surface area contributed by atoms with Gasteiger partial charge in [-0.3, -0.25) is 10.5 Å². The quantitative estimate of drug-likeness (QED) is 0.0247. The van der Waals surface area contributed by atoms with E-state index in [0.717, 1.165) is 25.7 Å². The first kappa shape index (κ1) is 47.9. The maximum atomic E-state index is 12.0. The second-order valence-electron chi connectivity index (χ2n) is 12.2. The number of allylic oxidation sites excluding steroid dienone is 4. The van der Waals surface area contributed by atoms with E-state index in [2.05, 4.69) is 86.1 Å². The Labute approximate surface area is 301 Å². The van der Waals surface area contributed by atoms with Crippen LogP contribution in [0.2, 0.25) is 0 Å². The van der Waals surface area contributed by atoms with E-state index in [1.54, 1.807) is 0 Å². The van der Waals surface area contributed by atoms with Crippen molar-refractivity contribution in [1.29, 1.82) is 0 Å². The molecule has 0 rings (SSSR count). The van der Waals surface area contributed by atoms with Gasteiger partial charge in [-0.2, -0.15) is 0 Å². The third-order valence-corrected chi connectivity index (χ3v) is 7.68. The number of rotatable bonds is 31. The van der Waals surface area contributed by atoms with E-state index in [-0.39, 0.29) is 5.97 Å². The first-order chi connectivity index (χ1) is 21.2. The number of carbonyl (C=O) groups is 1. The third-order valence-electron chi connectivity index (χ3n) is 7.68.